The van der Waals surface area contributed by atoms with Crippen molar-refractivity contribution in [1.29, 1.82) is 0 Å². The first kappa shape index (κ1) is 19.2. The summed E-state index contributed by atoms with van der Waals surface area (Å²) in [5, 5.41) is 14.7. The lowest BCUT2D eigenvalue weighted by molar-refractivity contribution is 0.164. The molecule has 3 N–H and O–H groups in total. The molecule has 0 saturated carbocycles. The highest BCUT2D eigenvalue weighted by Gasteiger charge is 2.27. The smallest absolute Gasteiger partial charge is 0.315 e. The molecule has 0 bridgehead atoms. The Morgan fingerprint density at radius 1 is 1.35 bits per heavy atom. The highest BCUT2D eigenvalue weighted by molar-refractivity contribution is 5.74. The summed E-state index contributed by atoms with van der Waals surface area (Å²) in [6.07, 6.45) is 0.0254. The second-order valence-corrected chi connectivity index (χ2v) is 6.70. The number of hydrogen-bond donors (Lipinski definition) is 3. The number of rotatable bonds is 7. The van der Waals surface area contributed by atoms with Crippen molar-refractivity contribution in [3.63, 3.8) is 0 Å². The molecule has 0 aliphatic rings. The highest BCUT2D eigenvalue weighted by Crippen LogP contribution is 2.22. The molecule has 130 valence electrons. The van der Waals surface area contributed by atoms with E-state index in [1.807, 2.05) is 20.8 Å². The Balaban J connectivity index is 2.56. The van der Waals surface area contributed by atoms with Gasteiger partial charge in [0, 0.05) is 6.54 Å². The average molecular weight is 326 g/mol. The molecule has 1 aromatic rings. The van der Waals surface area contributed by atoms with Crippen LogP contribution in [0.1, 0.15) is 34.1 Å². The van der Waals surface area contributed by atoms with Crippen LogP contribution in [0.3, 0.4) is 0 Å². The van der Waals surface area contributed by atoms with Crippen LogP contribution in [-0.4, -0.2) is 36.4 Å². The van der Waals surface area contributed by atoms with Gasteiger partial charge >= 0.3 is 6.03 Å². The van der Waals surface area contributed by atoms with Gasteiger partial charge < -0.3 is 20.5 Å². The summed E-state index contributed by atoms with van der Waals surface area (Å²) in [5.74, 6) is -0.264. The SMILES string of the molecule is CC(O)CCNC(=O)NC(COc1ccccc1F)C(C)(C)C. The van der Waals surface area contributed by atoms with Gasteiger partial charge in [-0.1, -0.05) is 32.9 Å². The van der Waals surface area contributed by atoms with Gasteiger partial charge in [0.2, 0.25) is 0 Å². The number of benzene rings is 1. The molecule has 0 aromatic heterocycles. The Kier molecular flexibility index (Phi) is 7.29. The molecule has 0 radical (unpaired) electrons. The second-order valence-electron chi connectivity index (χ2n) is 6.70. The van der Waals surface area contributed by atoms with E-state index in [0.717, 1.165) is 0 Å². The maximum atomic E-state index is 13.6. The van der Waals surface area contributed by atoms with E-state index in [-0.39, 0.29) is 29.8 Å². The fraction of sp³-hybridized carbons (Fsp3) is 0.588. The van der Waals surface area contributed by atoms with E-state index in [0.29, 0.717) is 13.0 Å². The number of halogens is 1. The zero-order chi connectivity index (χ0) is 17.5. The van der Waals surface area contributed by atoms with Crippen LogP contribution in [0.25, 0.3) is 0 Å². The largest absolute Gasteiger partial charge is 0.488 e. The summed E-state index contributed by atoms with van der Waals surface area (Å²) in [5.41, 5.74) is -0.257. The number of urea groups is 1. The second kappa shape index (κ2) is 8.72. The first-order valence-electron chi connectivity index (χ1n) is 7.80. The van der Waals surface area contributed by atoms with E-state index in [1.165, 1.54) is 6.07 Å². The molecule has 2 atom stereocenters. The lowest BCUT2D eigenvalue weighted by Gasteiger charge is -2.31. The van der Waals surface area contributed by atoms with Crippen molar-refractivity contribution in [3.05, 3.63) is 30.1 Å². The quantitative estimate of drug-likeness (QED) is 0.721. The van der Waals surface area contributed by atoms with Gasteiger partial charge in [-0.15, -0.1) is 0 Å². The minimum atomic E-state index is -0.460. The molecule has 0 saturated heterocycles. The number of aliphatic hydroxyl groups is 1. The third kappa shape index (κ3) is 7.32. The number of nitrogens with one attached hydrogen (secondary N) is 2. The molecule has 5 nitrogen and oxygen atoms in total. The van der Waals surface area contributed by atoms with Crippen LogP contribution in [0.5, 0.6) is 5.75 Å². The zero-order valence-electron chi connectivity index (χ0n) is 14.2. The van der Waals surface area contributed by atoms with Gasteiger partial charge in [-0.25, -0.2) is 9.18 Å². The van der Waals surface area contributed by atoms with E-state index >= 15 is 0 Å². The van der Waals surface area contributed by atoms with E-state index in [4.69, 9.17) is 4.74 Å². The van der Waals surface area contributed by atoms with E-state index in [9.17, 15) is 14.3 Å². The lowest BCUT2D eigenvalue weighted by atomic mass is 9.87. The molecule has 0 heterocycles. The van der Waals surface area contributed by atoms with Crippen LogP contribution < -0.4 is 15.4 Å². The molecule has 23 heavy (non-hydrogen) atoms. The molecule has 2 unspecified atom stereocenters. The van der Waals surface area contributed by atoms with Crippen molar-refractivity contribution in [2.24, 2.45) is 5.41 Å². The fourth-order valence-electron chi connectivity index (χ4n) is 1.85. The fourth-order valence-corrected chi connectivity index (χ4v) is 1.85. The van der Waals surface area contributed by atoms with Crippen LogP contribution in [0.15, 0.2) is 24.3 Å². The lowest BCUT2D eigenvalue weighted by Crippen LogP contribution is -2.51. The van der Waals surface area contributed by atoms with Gasteiger partial charge in [-0.3, -0.25) is 0 Å². The van der Waals surface area contributed by atoms with Crippen molar-refractivity contribution in [2.45, 2.75) is 46.3 Å². The summed E-state index contributed by atoms with van der Waals surface area (Å²) in [4.78, 5) is 11.9. The van der Waals surface area contributed by atoms with Gasteiger partial charge in [0.1, 0.15) is 6.61 Å². The van der Waals surface area contributed by atoms with Crippen molar-refractivity contribution < 1.29 is 19.0 Å². The van der Waals surface area contributed by atoms with Gasteiger partial charge in [0.25, 0.3) is 0 Å². The zero-order valence-corrected chi connectivity index (χ0v) is 14.2. The number of hydrogen-bond acceptors (Lipinski definition) is 3. The number of carbonyl (C=O) groups is 1. The third-order valence-corrected chi connectivity index (χ3v) is 3.44. The predicted molar refractivity (Wildman–Crippen MR) is 88.0 cm³/mol. The molecule has 1 rings (SSSR count). The molecule has 0 aliphatic carbocycles. The van der Waals surface area contributed by atoms with Crippen LogP contribution in [-0.2, 0) is 0 Å². The van der Waals surface area contributed by atoms with Gasteiger partial charge in [-0.05, 0) is 30.9 Å². The minimum absolute atomic E-state index is 0.161. The molecule has 0 spiro atoms. The third-order valence-electron chi connectivity index (χ3n) is 3.44. The first-order valence-corrected chi connectivity index (χ1v) is 7.80. The summed E-state index contributed by atoms with van der Waals surface area (Å²) in [6.45, 7) is 8.12. The van der Waals surface area contributed by atoms with Gasteiger partial charge in [0.05, 0.1) is 12.1 Å². The number of para-hydroxylation sites is 1. The van der Waals surface area contributed by atoms with Crippen molar-refractivity contribution in [3.8, 4) is 5.75 Å². The van der Waals surface area contributed by atoms with Gasteiger partial charge in [0.15, 0.2) is 11.6 Å². The first-order chi connectivity index (χ1) is 10.7. The molecule has 0 aliphatic heterocycles. The summed E-state index contributed by atoms with van der Waals surface area (Å²) in [6, 6.07) is 5.55. The summed E-state index contributed by atoms with van der Waals surface area (Å²) < 4.78 is 19.1. The van der Waals surface area contributed by atoms with Crippen molar-refractivity contribution in [1.82, 2.24) is 10.6 Å². The van der Waals surface area contributed by atoms with E-state index < -0.39 is 11.9 Å². The number of carbonyl (C=O) groups excluding carboxylic acids is 1. The molecule has 6 heteroatoms. The standard InChI is InChI=1S/C17H27FN2O3/c1-12(21)9-10-19-16(22)20-15(17(2,3)4)11-23-14-8-6-5-7-13(14)18/h5-8,12,15,21H,9-11H2,1-4H3,(H2,19,20,22). The van der Waals surface area contributed by atoms with Crippen LogP contribution >= 0.6 is 0 Å². The monoisotopic (exact) mass is 326 g/mol. The Hall–Kier alpha value is -1.82. The van der Waals surface area contributed by atoms with E-state index in [2.05, 4.69) is 10.6 Å². The average Bonchev–Trinajstić information content (AvgIpc) is 2.43. The molecular formula is C17H27FN2O3. The van der Waals surface area contributed by atoms with Gasteiger partial charge in [-0.2, -0.15) is 0 Å². The minimum Gasteiger partial charge on any atom is -0.488 e. The molecule has 0 fully saturated rings. The Morgan fingerprint density at radius 2 is 2.00 bits per heavy atom. The number of aliphatic hydroxyl groups excluding tert-OH is 1. The van der Waals surface area contributed by atoms with Crippen molar-refractivity contribution >= 4 is 6.03 Å². The normalized spacial score (nSPS) is 14.0. The number of amides is 2. The Bertz CT molecular complexity index is 501. The molecular weight excluding hydrogens is 299 g/mol. The Morgan fingerprint density at radius 3 is 2.57 bits per heavy atom. The van der Waals surface area contributed by atoms with Crippen LogP contribution in [0.2, 0.25) is 0 Å². The number of ether oxygens (including phenoxy) is 1. The summed E-state index contributed by atoms with van der Waals surface area (Å²) in [7, 11) is 0. The molecule has 1 aromatic carbocycles. The maximum Gasteiger partial charge on any atom is 0.315 e. The van der Waals surface area contributed by atoms with Crippen LogP contribution in [0, 0.1) is 11.2 Å². The Labute approximate surface area is 137 Å². The van der Waals surface area contributed by atoms with Crippen molar-refractivity contribution in [2.75, 3.05) is 13.2 Å². The van der Waals surface area contributed by atoms with E-state index in [1.54, 1.807) is 25.1 Å². The van der Waals surface area contributed by atoms with Crippen LogP contribution in [0.4, 0.5) is 9.18 Å². The maximum absolute atomic E-state index is 13.6. The predicted octanol–water partition coefficient (Wildman–Crippen LogP) is 2.69. The molecule has 2 amide bonds. The highest BCUT2D eigenvalue weighted by atomic mass is 19.1. The summed E-state index contributed by atoms with van der Waals surface area (Å²) >= 11 is 0. The topological polar surface area (TPSA) is 70.6 Å².